The van der Waals surface area contributed by atoms with Gasteiger partial charge in [-0.05, 0) is 36.6 Å². The average molecular weight is 339 g/mol. The number of thiazole rings is 1. The molecule has 2 nitrogen and oxygen atoms in total. The van der Waals surface area contributed by atoms with Crippen LogP contribution in [0.5, 0.6) is 0 Å². The fourth-order valence-corrected chi connectivity index (χ4v) is 3.65. The van der Waals surface area contributed by atoms with Crippen LogP contribution in [0.1, 0.15) is 5.56 Å². The molecule has 108 valence electrons. The van der Waals surface area contributed by atoms with Crippen LogP contribution in [-0.2, 0) is 6.54 Å². The van der Waals surface area contributed by atoms with Gasteiger partial charge in [-0.25, -0.2) is 9.37 Å². The molecule has 21 heavy (non-hydrogen) atoms. The standard InChI is InChI=1S/C15H12ClFN2S2/c1-20-15-19-13-5-4-11(7-14(13)21-15)18-8-9-2-3-10(16)6-12(9)17/h2-7,18H,8H2,1H3. The molecule has 3 aromatic rings. The molecule has 0 aliphatic rings. The van der Waals surface area contributed by atoms with E-state index in [0.717, 1.165) is 20.2 Å². The van der Waals surface area contributed by atoms with Crippen molar-refractivity contribution in [3.05, 3.63) is 52.8 Å². The van der Waals surface area contributed by atoms with Crippen molar-refractivity contribution < 1.29 is 4.39 Å². The molecule has 0 unspecified atom stereocenters. The Kier molecular flexibility index (Phi) is 4.33. The van der Waals surface area contributed by atoms with Gasteiger partial charge in [0.05, 0.1) is 10.2 Å². The summed E-state index contributed by atoms with van der Waals surface area (Å²) in [6.45, 7) is 0.419. The topological polar surface area (TPSA) is 24.9 Å². The number of halogens is 2. The van der Waals surface area contributed by atoms with Crippen molar-refractivity contribution in [3.8, 4) is 0 Å². The zero-order valence-electron chi connectivity index (χ0n) is 11.2. The van der Waals surface area contributed by atoms with E-state index >= 15 is 0 Å². The van der Waals surface area contributed by atoms with E-state index in [4.69, 9.17) is 11.6 Å². The van der Waals surface area contributed by atoms with E-state index in [1.54, 1.807) is 35.2 Å². The second kappa shape index (κ2) is 6.22. The fourth-order valence-electron chi connectivity index (χ4n) is 1.96. The van der Waals surface area contributed by atoms with E-state index in [9.17, 15) is 4.39 Å². The Morgan fingerprint density at radius 2 is 2.14 bits per heavy atom. The molecular weight excluding hydrogens is 327 g/mol. The summed E-state index contributed by atoms with van der Waals surface area (Å²) >= 11 is 9.04. The van der Waals surface area contributed by atoms with Crippen molar-refractivity contribution in [2.24, 2.45) is 0 Å². The molecular formula is C15H12ClFN2S2. The van der Waals surface area contributed by atoms with Crippen LogP contribution in [0.2, 0.25) is 5.02 Å². The maximum atomic E-state index is 13.7. The Bertz CT molecular complexity index is 788. The Hall–Kier alpha value is -1.30. The van der Waals surface area contributed by atoms with Crippen LogP contribution in [0, 0.1) is 5.82 Å². The lowest BCUT2D eigenvalue weighted by Gasteiger charge is -2.07. The first-order chi connectivity index (χ1) is 10.2. The van der Waals surface area contributed by atoms with Crippen molar-refractivity contribution in [1.82, 2.24) is 4.98 Å². The zero-order chi connectivity index (χ0) is 14.8. The lowest BCUT2D eigenvalue weighted by molar-refractivity contribution is 0.613. The van der Waals surface area contributed by atoms with Crippen molar-refractivity contribution >= 4 is 50.6 Å². The third-order valence-electron chi connectivity index (χ3n) is 3.04. The van der Waals surface area contributed by atoms with Gasteiger partial charge >= 0.3 is 0 Å². The number of rotatable bonds is 4. The van der Waals surface area contributed by atoms with Gasteiger partial charge in [-0.2, -0.15) is 0 Å². The van der Waals surface area contributed by atoms with Crippen molar-refractivity contribution in [2.75, 3.05) is 11.6 Å². The van der Waals surface area contributed by atoms with Gasteiger partial charge in [0, 0.05) is 22.8 Å². The summed E-state index contributed by atoms with van der Waals surface area (Å²) in [4.78, 5) is 4.49. The summed E-state index contributed by atoms with van der Waals surface area (Å²) in [5, 5.41) is 3.64. The summed E-state index contributed by atoms with van der Waals surface area (Å²) < 4.78 is 15.9. The van der Waals surface area contributed by atoms with E-state index in [-0.39, 0.29) is 5.82 Å². The van der Waals surface area contributed by atoms with Crippen molar-refractivity contribution in [1.29, 1.82) is 0 Å². The molecule has 0 aliphatic heterocycles. The van der Waals surface area contributed by atoms with Gasteiger partial charge in [-0.3, -0.25) is 0 Å². The quantitative estimate of drug-likeness (QED) is 0.643. The normalized spacial score (nSPS) is 11.0. The smallest absolute Gasteiger partial charge is 0.150 e. The number of thioether (sulfide) groups is 1. The average Bonchev–Trinajstić information content (AvgIpc) is 2.88. The third kappa shape index (κ3) is 3.31. The molecule has 0 spiro atoms. The summed E-state index contributed by atoms with van der Waals surface area (Å²) in [6, 6.07) is 10.7. The first-order valence-electron chi connectivity index (χ1n) is 6.28. The minimum absolute atomic E-state index is 0.293. The second-order valence-electron chi connectivity index (χ2n) is 4.46. The molecule has 0 saturated carbocycles. The van der Waals surface area contributed by atoms with Crippen molar-refractivity contribution in [2.45, 2.75) is 10.9 Å². The first kappa shape index (κ1) is 14.6. The molecule has 0 atom stereocenters. The maximum Gasteiger partial charge on any atom is 0.150 e. The summed E-state index contributed by atoms with van der Waals surface area (Å²) in [6.07, 6.45) is 2.01. The van der Waals surface area contributed by atoms with Crippen molar-refractivity contribution in [3.63, 3.8) is 0 Å². The SMILES string of the molecule is CSc1nc2ccc(NCc3ccc(Cl)cc3F)cc2s1. The number of nitrogens with one attached hydrogen (secondary N) is 1. The minimum Gasteiger partial charge on any atom is -0.381 e. The van der Waals surface area contributed by atoms with Gasteiger partial charge < -0.3 is 5.32 Å². The molecule has 0 bridgehead atoms. The highest BCUT2D eigenvalue weighted by Gasteiger charge is 2.05. The van der Waals surface area contributed by atoms with Gasteiger partial charge in [0.15, 0.2) is 4.34 Å². The van der Waals surface area contributed by atoms with Crippen LogP contribution in [0.25, 0.3) is 10.2 Å². The lowest BCUT2D eigenvalue weighted by Crippen LogP contribution is -2.01. The molecule has 1 aromatic heterocycles. The predicted octanol–water partition coefficient (Wildman–Crippen LogP) is 5.42. The molecule has 2 aromatic carbocycles. The number of nitrogens with zero attached hydrogens (tertiary/aromatic N) is 1. The maximum absolute atomic E-state index is 13.7. The zero-order valence-corrected chi connectivity index (χ0v) is 13.6. The number of fused-ring (bicyclic) bond motifs is 1. The van der Waals surface area contributed by atoms with Crippen LogP contribution < -0.4 is 5.32 Å². The molecule has 3 rings (SSSR count). The Labute approximate surface area is 135 Å². The largest absolute Gasteiger partial charge is 0.381 e. The molecule has 6 heteroatoms. The summed E-state index contributed by atoms with van der Waals surface area (Å²) in [5.74, 6) is -0.293. The van der Waals surface area contributed by atoms with Gasteiger partial charge in [-0.15, -0.1) is 11.3 Å². The Morgan fingerprint density at radius 3 is 2.90 bits per heavy atom. The number of hydrogen-bond acceptors (Lipinski definition) is 4. The van der Waals surface area contributed by atoms with Crippen LogP contribution in [-0.4, -0.2) is 11.2 Å². The Balaban J connectivity index is 1.78. The lowest BCUT2D eigenvalue weighted by atomic mass is 10.2. The van der Waals surface area contributed by atoms with E-state index < -0.39 is 0 Å². The molecule has 0 fully saturated rings. The van der Waals surface area contributed by atoms with Gasteiger partial charge in [0.2, 0.25) is 0 Å². The number of anilines is 1. The van der Waals surface area contributed by atoms with Crippen LogP contribution in [0.15, 0.2) is 40.7 Å². The number of benzene rings is 2. The van der Waals surface area contributed by atoms with Gasteiger partial charge in [-0.1, -0.05) is 29.4 Å². The molecule has 0 saturated heterocycles. The third-order valence-corrected chi connectivity index (χ3v) is 5.28. The van der Waals surface area contributed by atoms with E-state index in [0.29, 0.717) is 17.1 Å². The van der Waals surface area contributed by atoms with Crippen LogP contribution in [0.4, 0.5) is 10.1 Å². The predicted molar refractivity (Wildman–Crippen MR) is 90.1 cm³/mol. The highest BCUT2D eigenvalue weighted by Crippen LogP contribution is 2.30. The molecule has 0 radical (unpaired) electrons. The number of aromatic nitrogens is 1. The van der Waals surface area contributed by atoms with Gasteiger partial charge in [0.25, 0.3) is 0 Å². The van der Waals surface area contributed by atoms with E-state index in [2.05, 4.69) is 10.3 Å². The Morgan fingerprint density at radius 1 is 1.29 bits per heavy atom. The first-order valence-corrected chi connectivity index (χ1v) is 8.70. The molecule has 0 amide bonds. The van der Waals surface area contributed by atoms with Gasteiger partial charge in [0.1, 0.15) is 5.82 Å². The van der Waals surface area contributed by atoms with E-state index in [1.807, 2.05) is 24.5 Å². The van der Waals surface area contributed by atoms with Crippen LogP contribution in [0.3, 0.4) is 0 Å². The second-order valence-corrected chi connectivity index (χ2v) is 6.98. The summed E-state index contributed by atoms with van der Waals surface area (Å²) in [5.41, 5.74) is 2.54. The molecule has 0 aliphatic carbocycles. The monoisotopic (exact) mass is 338 g/mol. The molecule has 1 N–H and O–H groups in total. The van der Waals surface area contributed by atoms with E-state index in [1.165, 1.54) is 6.07 Å². The van der Waals surface area contributed by atoms with Crippen LogP contribution >= 0.6 is 34.7 Å². The highest BCUT2D eigenvalue weighted by atomic mass is 35.5. The minimum atomic E-state index is -0.293. The number of hydrogen-bond donors (Lipinski definition) is 1. The highest BCUT2D eigenvalue weighted by molar-refractivity contribution is 8.00. The molecule has 1 heterocycles. The summed E-state index contributed by atoms with van der Waals surface area (Å²) in [7, 11) is 0. The fraction of sp³-hybridized carbons (Fsp3) is 0.133.